The number of nitrogens with zero attached hydrogens (tertiary/aromatic N) is 5. The number of rotatable bonds is 8. The van der Waals surface area contributed by atoms with E-state index < -0.39 is 5.83 Å². The smallest absolute Gasteiger partial charge is 0.138 e. The van der Waals surface area contributed by atoms with Crippen molar-refractivity contribution in [3.63, 3.8) is 0 Å². The quantitative estimate of drug-likeness (QED) is 0.432. The Balaban J connectivity index is 1.55. The molecule has 0 amide bonds. The summed E-state index contributed by atoms with van der Waals surface area (Å²) in [5, 5.41) is 0. The molecule has 1 fully saturated rings. The summed E-state index contributed by atoms with van der Waals surface area (Å²) in [5.74, 6) is 1.37. The summed E-state index contributed by atoms with van der Waals surface area (Å²) < 4.78 is 13.6. The lowest BCUT2D eigenvalue weighted by Gasteiger charge is -2.36. The van der Waals surface area contributed by atoms with Gasteiger partial charge in [0.25, 0.3) is 0 Å². The van der Waals surface area contributed by atoms with Crippen LogP contribution in [0.15, 0.2) is 72.4 Å². The van der Waals surface area contributed by atoms with Crippen LogP contribution in [0.5, 0.6) is 0 Å². The van der Waals surface area contributed by atoms with Crippen LogP contribution < -0.4 is 4.90 Å². The molecule has 0 spiro atoms. The lowest BCUT2D eigenvalue weighted by Crippen LogP contribution is -2.35. The first-order chi connectivity index (χ1) is 16.9. The summed E-state index contributed by atoms with van der Waals surface area (Å²) in [5.41, 5.74) is 6.35. The summed E-state index contributed by atoms with van der Waals surface area (Å²) in [6.45, 7) is 19.7. The molecule has 186 valence electrons. The molecule has 0 saturated carbocycles. The molecule has 3 heterocycles. The van der Waals surface area contributed by atoms with Gasteiger partial charge >= 0.3 is 0 Å². The van der Waals surface area contributed by atoms with Gasteiger partial charge in [0.2, 0.25) is 0 Å². The van der Waals surface area contributed by atoms with Crippen LogP contribution in [0.25, 0.3) is 0 Å². The fourth-order valence-corrected chi connectivity index (χ4v) is 4.99. The highest BCUT2D eigenvalue weighted by Crippen LogP contribution is 2.35. The van der Waals surface area contributed by atoms with Crippen LogP contribution in [0.4, 0.5) is 10.2 Å². The predicted molar refractivity (Wildman–Crippen MR) is 142 cm³/mol. The van der Waals surface area contributed by atoms with E-state index in [-0.39, 0.29) is 0 Å². The Morgan fingerprint density at radius 2 is 1.94 bits per heavy atom. The Kier molecular flexibility index (Phi) is 7.89. The fraction of sp³-hybridized carbons (Fsp3) is 0.448. The van der Waals surface area contributed by atoms with Gasteiger partial charge in [-0.05, 0) is 36.8 Å². The molecule has 1 aliphatic carbocycles. The third-order valence-electron chi connectivity index (χ3n) is 7.06. The zero-order valence-electron chi connectivity index (χ0n) is 21.3. The van der Waals surface area contributed by atoms with E-state index in [1.807, 2.05) is 4.90 Å². The third-order valence-corrected chi connectivity index (χ3v) is 7.06. The van der Waals surface area contributed by atoms with Crippen molar-refractivity contribution < 1.29 is 4.39 Å². The second-order valence-electron chi connectivity index (χ2n) is 9.45. The Morgan fingerprint density at radius 3 is 2.69 bits per heavy atom. The maximum absolute atomic E-state index is 13.6. The summed E-state index contributed by atoms with van der Waals surface area (Å²) in [6, 6.07) is 0. The second-order valence-corrected chi connectivity index (χ2v) is 9.45. The molecule has 1 saturated heterocycles. The minimum Gasteiger partial charge on any atom is -0.365 e. The molecule has 3 aliphatic rings. The van der Waals surface area contributed by atoms with Gasteiger partial charge in [-0.1, -0.05) is 64.3 Å². The second kappa shape index (κ2) is 11.1. The molecular weight excluding hydrogens is 437 g/mol. The fourth-order valence-electron chi connectivity index (χ4n) is 4.99. The van der Waals surface area contributed by atoms with Gasteiger partial charge < -0.3 is 14.7 Å². The number of halogens is 1. The molecule has 2 aliphatic heterocycles. The van der Waals surface area contributed by atoms with Crippen LogP contribution in [0.1, 0.15) is 56.6 Å². The van der Waals surface area contributed by atoms with Gasteiger partial charge in [-0.15, -0.1) is 0 Å². The van der Waals surface area contributed by atoms with Crippen LogP contribution in [-0.2, 0) is 19.4 Å². The first-order valence-corrected chi connectivity index (χ1v) is 12.9. The Bertz CT molecular complexity index is 1100. The zero-order chi connectivity index (χ0) is 24.9. The van der Waals surface area contributed by atoms with Gasteiger partial charge in [-0.3, -0.25) is 0 Å². The largest absolute Gasteiger partial charge is 0.365 e. The van der Waals surface area contributed by atoms with Crippen LogP contribution in [0.3, 0.4) is 0 Å². The number of aromatic nitrogens is 2. The SMILES string of the molecule is C=C(F)C(=C)N1CCN(c2nc(CC)nc3c2CCN(C2=CCC/C(=C/C=C\CCC)C2=C)C3)C1. The molecule has 0 radical (unpaired) electrons. The van der Waals surface area contributed by atoms with Crippen molar-refractivity contribution in [1.29, 1.82) is 0 Å². The maximum Gasteiger partial charge on any atom is 0.138 e. The predicted octanol–water partition coefficient (Wildman–Crippen LogP) is 5.99. The van der Waals surface area contributed by atoms with Crippen molar-refractivity contribution in [3.05, 3.63) is 89.5 Å². The van der Waals surface area contributed by atoms with Crippen LogP contribution in [0, 0.1) is 0 Å². The summed E-state index contributed by atoms with van der Waals surface area (Å²) >= 11 is 0. The van der Waals surface area contributed by atoms with Gasteiger partial charge in [0.05, 0.1) is 24.6 Å². The standard InChI is InChI=1S/C29H38FN5/c1-6-8-9-10-12-24-13-11-14-27(21(24)3)33-16-15-25-26(19-33)31-28(7-2)32-29(25)35-18-17-34(20-35)23(5)22(4)30/h9-10,12,14H,3-8,11,13,15-20H2,1-2H3/b10-9-,24-12-. The molecule has 6 heteroatoms. The number of anilines is 1. The van der Waals surface area contributed by atoms with E-state index in [0.29, 0.717) is 18.9 Å². The molecule has 4 rings (SSSR count). The van der Waals surface area contributed by atoms with Crippen molar-refractivity contribution in [1.82, 2.24) is 19.8 Å². The first kappa shape index (κ1) is 25.0. The lowest BCUT2D eigenvalue weighted by atomic mass is 9.91. The topological polar surface area (TPSA) is 35.5 Å². The van der Waals surface area contributed by atoms with Crippen LogP contribution in [0.2, 0.25) is 0 Å². The lowest BCUT2D eigenvalue weighted by molar-refractivity contribution is 0.319. The number of hydrogen-bond donors (Lipinski definition) is 0. The summed E-state index contributed by atoms with van der Waals surface area (Å²) in [7, 11) is 0. The molecule has 35 heavy (non-hydrogen) atoms. The molecule has 0 bridgehead atoms. The number of hydrogen-bond acceptors (Lipinski definition) is 5. The first-order valence-electron chi connectivity index (χ1n) is 12.9. The van der Waals surface area contributed by atoms with Crippen molar-refractivity contribution in [2.45, 2.75) is 58.9 Å². The minimum atomic E-state index is -0.475. The van der Waals surface area contributed by atoms with Crippen molar-refractivity contribution in [2.75, 3.05) is 31.2 Å². The number of allylic oxidation sites excluding steroid dienone is 6. The zero-order valence-corrected chi connectivity index (χ0v) is 21.3. The third kappa shape index (κ3) is 5.42. The average Bonchev–Trinajstić information content (AvgIpc) is 3.36. The Labute approximate surface area is 209 Å². The van der Waals surface area contributed by atoms with Gasteiger partial charge in [-0.2, -0.15) is 0 Å². The van der Waals surface area contributed by atoms with Crippen molar-refractivity contribution in [2.24, 2.45) is 0 Å². The molecule has 0 aromatic carbocycles. The molecule has 5 nitrogen and oxygen atoms in total. The number of unbranched alkanes of at least 4 members (excludes halogenated alkanes) is 1. The Morgan fingerprint density at radius 1 is 1.11 bits per heavy atom. The van der Waals surface area contributed by atoms with E-state index in [1.54, 1.807) is 0 Å². The van der Waals surface area contributed by atoms with E-state index >= 15 is 0 Å². The average molecular weight is 476 g/mol. The highest BCUT2D eigenvalue weighted by atomic mass is 19.1. The van der Waals surface area contributed by atoms with Gasteiger partial charge in [0, 0.05) is 37.3 Å². The van der Waals surface area contributed by atoms with E-state index in [2.05, 4.69) is 67.7 Å². The molecule has 1 aromatic rings. The molecule has 0 atom stereocenters. The maximum atomic E-state index is 13.6. The van der Waals surface area contributed by atoms with Crippen LogP contribution >= 0.6 is 0 Å². The van der Waals surface area contributed by atoms with E-state index in [0.717, 1.165) is 81.1 Å². The normalized spacial score (nSPS) is 19.5. The molecule has 0 N–H and O–H groups in total. The Hall–Kier alpha value is -3.15. The highest BCUT2D eigenvalue weighted by molar-refractivity contribution is 5.53. The van der Waals surface area contributed by atoms with Crippen molar-refractivity contribution >= 4 is 5.82 Å². The van der Waals surface area contributed by atoms with Gasteiger partial charge in [0.15, 0.2) is 0 Å². The monoisotopic (exact) mass is 475 g/mol. The molecule has 0 unspecified atom stereocenters. The summed E-state index contributed by atoms with van der Waals surface area (Å²) in [4.78, 5) is 16.4. The van der Waals surface area contributed by atoms with Gasteiger partial charge in [-0.25, -0.2) is 14.4 Å². The molecule has 1 aromatic heterocycles. The van der Waals surface area contributed by atoms with E-state index in [4.69, 9.17) is 9.97 Å². The van der Waals surface area contributed by atoms with Crippen LogP contribution in [-0.4, -0.2) is 46.1 Å². The number of aryl methyl sites for hydroxylation is 1. The number of fused-ring (bicyclic) bond motifs is 1. The highest BCUT2D eigenvalue weighted by Gasteiger charge is 2.30. The van der Waals surface area contributed by atoms with E-state index in [1.165, 1.54) is 16.8 Å². The minimum absolute atomic E-state index is 0.355. The van der Waals surface area contributed by atoms with Crippen molar-refractivity contribution in [3.8, 4) is 0 Å². The van der Waals surface area contributed by atoms with Gasteiger partial charge in [0.1, 0.15) is 17.5 Å². The van der Waals surface area contributed by atoms with E-state index in [9.17, 15) is 4.39 Å². The molecular formula is C29H38FN5. The summed E-state index contributed by atoms with van der Waals surface area (Å²) in [6.07, 6.45) is 15.0.